The first-order valence-electron chi connectivity index (χ1n) is 10.1. The van der Waals surface area contributed by atoms with Crippen LogP contribution in [0, 0.1) is 5.92 Å². The summed E-state index contributed by atoms with van der Waals surface area (Å²) >= 11 is 1.53. The van der Waals surface area contributed by atoms with Crippen LogP contribution >= 0.6 is 11.3 Å². The number of piperidine rings is 1. The lowest BCUT2D eigenvalue weighted by Crippen LogP contribution is -2.39. The molecule has 1 fully saturated rings. The highest BCUT2D eigenvalue weighted by Gasteiger charge is 2.42. The van der Waals surface area contributed by atoms with Crippen molar-refractivity contribution in [2.45, 2.75) is 46.0 Å². The Bertz CT molecular complexity index is 684. The number of amides is 2. The van der Waals surface area contributed by atoms with Crippen LogP contribution in [0.2, 0.25) is 0 Å². The number of hydrogen-bond acceptors (Lipinski definition) is 5. The van der Waals surface area contributed by atoms with Gasteiger partial charge in [0.1, 0.15) is 5.70 Å². The van der Waals surface area contributed by atoms with E-state index in [0.29, 0.717) is 36.8 Å². The van der Waals surface area contributed by atoms with Crippen molar-refractivity contribution < 1.29 is 14.3 Å². The van der Waals surface area contributed by atoms with Gasteiger partial charge in [-0.3, -0.25) is 14.5 Å². The molecule has 1 aromatic heterocycles. The van der Waals surface area contributed by atoms with Gasteiger partial charge in [0, 0.05) is 37.7 Å². The van der Waals surface area contributed by atoms with Crippen molar-refractivity contribution in [3.05, 3.63) is 28.1 Å². The summed E-state index contributed by atoms with van der Waals surface area (Å²) in [5.41, 5.74) is 1.21. The molecule has 2 aliphatic heterocycles. The molecule has 6 heteroatoms. The second-order valence-corrected chi connectivity index (χ2v) is 8.42. The Morgan fingerprint density at radius 2 is 2.04 bits per heavy atom. The predicted octanol–water partition coefficient (Wildman–Crippen LogP) is 3.77. The fourth-order valence-electron chi connectivity index (χ4n) is 3.77. The highest BCUT2D eigenvalue weighted by molar-refractivity contribution is 7.11. The van der Waals surface area contributed by atoms with Crippen LogP contribution in [0.5, 0.6) is 0 Å². The van der Waals surface area contributed by atoms with Crippen molar-refractivity contribution >= 4 is 28.7 Å². The smallest absolute Gasteiger partial charge is 0.277 e. The van der Waals surface area contributed by atoms with Crippen molar-refractivity contribution in [2.24, 2.45) is 5.92 Å². The Morgan fingerprint density at radius 3 is 2.74 bits per heavy atom. The molecule has 0 aliphatic carbocycles. The molecule has 2 amide bonds. The van der Waals surface area contributed by atoms with Crippen LogP contribution in [0.25, 0.3) is 5.57 Å². The molecule has 1 unspecified atom stereocenters. The van der Waals surface area contributed by atoms with E-state index >= 15 is 0 Å². The highest BCUT2D eigenvalue weighted by Crippen LogP contribution is 2.35. The standard InChI is InChI=1S/C21H30N2O3S/c1-3-4-12-26-13-7-11-23-20(24)18(17-9-6-14-27-17)19(21(23)25)22-10-5-8-16(2)15-22/h6,9,14,16H,3-5,7-8,10-13,15H2,1-2H3. The minimum Gasteiger partial charge on any atom is -0.381 e. The normalized spacial score (nSPS) is 20.9. The number of thiophene rings is 1. The minimum absolute atomic E-state index is 0.133. The second-order valence-electron chi connectivity index (χ2n) is 7.48. The maximum atomic E-state index is 13.2. The second kappa shape index (κ2) is 9.51. The number of hydrogen-bond donors (Lipinski definition) is 0. The van der Waals surface area contributed by atoms with Gasteiger partial charge in [0.25, 0.3) is 11.8 Å². The zero-order chi connectivity index (χ0) is 19.2. The Hall–Kier alpha value is -1.66. The molecular formula is C21H30N2O3S. The molecule has 0 N–H and O–H groups in total. The molecule has 3 heterocycles. The average Bonchev–Trinajstić information content (AvgIpc) is 3.26. The van der Waals surface area contributed by atoms with Crippen LogP contribution in [0.1, 0.15) is 50.8 Å². The lowest BCUT2D eigenvalue weighted by atomic mass is 9.99. The Labute approximate surface area is 166 Å². The van der Waals surface area contributed by atoms with E-state index in [1.807, 2.05) is 17.5 Å². The molecule has 0 radical (unpaired) electrons. The third kappa shape index (κ3) is 4.61. The van der Waals surface area contributed by atoms with Crippen LogP contribution in [0.15, 0.2) is 23.2 Å². The SMILES string of the molecule is CCCCOCCCN1C(=O)C(c2cccs2)=C(N2CCCC(C)C2)C1=O. The van der Waals surface area contributed by atoms with E-state index in [-0.39, 0.29) is 11.8 Å². The summed E-state index contributed by atoms with van der Waals surface area (Å²) in [6.07, 6.45) is 5.08. The number of rotatable bonds is 9. The summed E-state index contributed by atoms with van der Waals surface area (Å²) in [7, 11) is 0. The largest absolute Gasteiger partial charge is 0.381 e. The molecule has 2 aliphatic rings. The summed E-state index contributed by atoms with van der Waals surface area (Å²) in [4.78, 5) is 30.7. The van der Waals surface area contributed by atoms with Gasteiger partial charge in [0.05, 0.1) is 5.57 Å². The van der Waals surface area contributed by atoms with Crippen LogP contribution in [-0.4, -0.2) is 54.5 Å². The van der Waals surface area contributed by atoms with Crippen molar-refractivity contribution in [3.8, 4) is 0 Å². The molecule has 0 saturated carbocycles. The van der Waals surface area contributed by atoms with Gasteiger partial charge in [0.15, 0.2) is 0 Å². The first kappa shape index (κ1) is 20.1. The number of unbranched alkanes of at least 4 members (excludes halogenated alkanes) is 1. The van der Waals surface area contributed by atoms with Gasteiger partial charge >= 0.3 is 0 Å². The van der Waals surface area contributed by atoms with E-state index in [0.717, 1.165) is 43.8 Å². The Balaban J connectivity index is 1.73. The third-order valence-electron chi connectivity index (χ3n) is 5.20. The van der Waals surface area contributed by atoms with Crippen LogP contribution < -0.4 is 0 Å². The summed E-state index contributed by atoms with van der Waals surface area (Å²) in [6.45, 7) is 7.79. The maximum absolute atomic E-state index is 13.2. The molecule has 3 rings (SSSR count). The lowest BCUT2D eigenvalue weighted by Gasteiger charge is -2.33. The van der Waals surface area contributed by atoms with E-state index in [4.69, 9.17) is 4.74 Å². The third-order valence-corrected chi connectivity index (χ3v) is 6.08. The van der Waals surface area contributed by atoms with Gasteiger partial charge in [-0.15, -0.1) is 11.3 Å². The number of nitrogens with zero attached hydrogens (tertiary/aromatic N) is 2. The summed E-state index contributed by atoms with van der Waals surface area (Å²) in [5.74, 6) is 0.259. The van der Waals surface area contributed by atoms with Crippen molar-refractivity contribution in [1.29, 1.82) is 0 Å². The number of ether oxygens (including phenoxy) is 1. The van der Waals surface area contributed by atoms with Crippen LogP contribution in [0.3, 0.4) is 0 Å². The number of carbonyl (C=O) groups is 2. The molecular weight excluding hydrogens is 360 g/mol. The minimum atomic E-state index is -0.149. The van der Waals surface area contributed by atoms with Crippen molar-refractivity contribution in [3.63, 3.8) is 0 Å². The number of imide groups is 1. The maximum Gasteiger partial charge on any atom is 0.277 e. The Kier molecular flexibility index (Phi) is 7.07. The van der Waals surface area contributed by atoms with E-state index < -0.39 is 0 Å². The molecule has 27 heavy (non-hydrogen) atoms. The van der Waals surface area contributed by atoms with Gasteiger partial charge < -0.3 is 9.64 Å². The van der Waals surface area contributed by atoms with Gasteiger partial charge in [-0.05, 0) is 43.0 Å². The van der Waals surface area contributed by atoms with Gasteiger partial charge in [0.2, 0.25) is 0 Å². The van der Waals surface area contributed by atoms with E-state index in [9.17, 15) is 9.59 Å². The molecule has 0 aromatic carbocycles. The predicted molar refractivity (Wildman–Crippen MR) is 108 cm³/mol. The van der Waals surface area contributed by atoms with Crippen LogP contribution in [0.4, 0.5) is 0 Å². The Morgan fingerprint density at radius 1 is 1.22 bits per heavy atom. The van der Waals surface area contributed by atoms with Gasteiger partial charge in [-0.2, -0.15) is 0 Å². The fourth-order valence-corrected chi connectivity index (χ4v) is 4.53. The monoisotopic (exact) mass is 390 g/mol. The molecule has 148 valence electrons. The average molecular weight is 391 g/mol. The van der Waals surface area contributed by atoms with Gasteiger partial charge in [-0.1, -0.05) is 26.3 Å². The van der Waals surface area contributed by atoms with Crippen molar-refractivity contribution in [1.82, 2.24) is 9.80 Å². The number of carbonyl (C=O) groups excluding carboxylic acids is 2. The summed E-state index contributed by atoms with van der Waals surface area (Å²) in [6, 6.07) is 3.88. The topological polar surface area (TPSA) is 49.9 Å². The van der Waals surface area contributed by atoms with Crippen LogP contribution in [-0.2, 0) is 14.3 Å². The molecule has 5 nitrogen and oxygen atoms in total. The lowest BCUT2D eigenvalue weighted by molar-refractivity contribution is -0.137. The number of likely N-dealkylation sites (tertiary alicyclic amines) is 1. The van der Waals surface area contributed by atoms with E-state index in [1.165, 1.54) is 22.7 Å². The van der Waals surface area contributed by atoms with Gasteiger partial charge in [-0.25, -0.2) is 0 Å². The van der Waals surface area contributed by atoms with E-state index in [1.54, 1.807) is 0 Å². The molecule has 0 bridgehead atoms. The zero-order valence-corrected chi connectivity index (χ0v) is 17.2. The highest BCUT2D eigenvalue weighted by atomic mass is 32.1. The van der Waals surface area contributed by atoms with E-state index in [2.05, 4.69) is 18.7 Å². The first-order chi connectivity index (χ1) is 13.1. The zero-order valence-electron chi connectivity index (χ0n) is 16.4. The molecule has 1 saturated heterocycles. The summed E-state index contributed by atoms with van der Waals surface area (Å²) in [5, 5.41) is 1.96. The molecule has 1 atom stereocenters. The van der Waals surface area contributed by atoms with Crippen molar-refractivity contribution in [2.75, 3.05) is 32.8 Å². The summed E-state index contributed by atoms with van der Waals surface area (Å²) < 4.78 is 5.59. The first-order valence-corrected chi connectivity index (χ1v) is 11.0. The quantitative estimate of drug-likeness (QED) is 0.476. The fraction of sp³-hybridized carbons (Fsp3) is 0.619. The molecule has 0 spiro atoms. The molecule has 1 aromatic rings.